The van der Waals surface area contributed by atoms with Crippen LogP contribution in [0.25, 0.3) is 0 Å². The summed E-state index contributed by atoms with van der Waals surface area (Å²) in [5, 5.41) is 11.3. The first-order valence-corrected chi connectivity index (χ1v) is 7.64. The van der Waals surface area contributed by atoms with E-state index in [0.29, 0.717) is 11.4 Å². The molecule has 0 aliphatic heterocycles. The zero-order valence-electron chi connectivity index (χ0n) is 13.7. The molecule has 1 aromatic heterocycles. The van der Waals surface area contributed by atoms with Crippen LogP contribution in [0.4, 0.5) is 10.1 Å². The van der Waals surface area contributed by atoms with E-state index >= 15 is 0 Å². The summed E-state index contributed by atoms with van der Waals surface area (Å²) in [6, 6.07) is 11.1. The number of rotatable bonds is 6. The maximum Gasteiger partial charge on any atom is 0.257 e. The van der Waals surface area contributed by atoms with Crippen molar-refractivity contribution < 1.29 is 14.0 Å². The van der Waals surface area contributed by atoms with Crippen molar-refractivity contribution in [3.63, 3.8) is 0 Å². The molecule has 25 heavy (non-hydrogen) atoms. The second kappa shape index (κ2) is 8.55. The van der Waals surface area contributed by atoms with E-state index < -0.39 is 11.7 Å². The van der Waals surface area contributed by atoms with E-state index in [0.717, 1.165) is 6.07 Å². The number of halogens is 1. The van der Waals surface area contributed by atoms with E-state index in [4.69, 9.17) is 5.26 Å². The van der Waals surface area contributed by atoms with Crippen LogP contribution >= 0.6 is 0 Å². The lowest BCUT2D eigenvalue weighted by atomic mass is 10.1. The average molecular weight is 340 g/mol. The lowest BCUT2D eigenvalue weighted by Gasteiger charge is -2.22. The SMILES string of the molecule is CC(=O)Nc1ccc(F)c(C(=O)N(CCC#N)Cc2ccccn2)c1. The van der Waals surface area contributed by atoms with Gasteiger partial charge in [-0.1, -0.05) is 6.07 Å². The summed E-state index contributed by atoms with van der Waals surface area (Å²) in [7, 11) is 0. The van der Waals surface area contributed by atoms with Crippen molar-refractivity contribution in [3.8, 4) is 6.07 Å². The molecule has 0 saturated carbocycles. The maximum absolute atomic E-state index is 14.1. The Labute approximate surface area is 144 Å². The number of carbonyl (C=O) groups excluding carboxylic acids is 2. The third-order valence-corrected chi connectivity index (χ3v) is 3.38. The smallest absolute Gasteiger partial charge is 0.257 e. The minimum absolute atomic E-state index is 0.117. The van der Waals surface area contributed by atoms with Crippen molar-refractivity contribution >= 4 is 17.5 Å². The highest BCUT2D eigenvalue weighted by molar-refractivity contribution is 5.97. The van der Waals surface area contributed by atoms with Crippen LogP contribution in [-0.4, -0.2) is 28.2 Å². The first-order valence-electron chi connectivity index (χ1n) is 7.64. The maximum atomic E-state index is 14.1. The number of hydrogen-bond donors (Lipinski definition) is 1. The Kier molecular flexibility index (Phi) is 6.18. The number of benzene rings is 1. The molecule has 0 bridgehead atoms. The molecule has 0 aliphatic carbocycles. The molecule has 0 fully saturated rings. The molecule has 128 valence electrons. The van der Waals surface area contributed by atoms with Gasteiger partial charge in [0.25, 0.3) is 5.91 Å². The van der Waals surface area contributed by atoms with E-state index in [1.54, 1.807) is 24.4 Å². The van der Waals surface area contributed by atoms with E-state index in [9.17, 15) is 14.0 Å². The molecule has 1 N–H and O–H groups in total. The molecule has 1 aromatic carbocycles. The Morgan fingerprint density at radius 3 is 2.76 bits per heavy atom. The number of nitrogens with zero attached hydrogens (tertiary/aromatic N) is 3. The number of nitrogens with one attached hydrogen (secondary N) is 1. The lowest BCUT2D eigenvalue weighted by molar-refractivity contribution is -0.114. The number of carbonyl (C=O) groups is 2. The van der Waals surface area contributed by atoms with Gasteiger partial charge in [-0.05, 0) is 30.3 Å². The standard InChI is InChI=1S/C18H17FN4O2/c1-13(24)22-14-6-7-17(19)16(11-14)18(25)23(10-4-8-20)12-15-5-2-3-9-21-15/h2-3,5-7,9,11H,4,10,12H2,1H3,(H,22,24). The number of amides is 2. The summed E-state index contributed by atoms with van der Waals surface area (Å²) in [5.41, 5.74) is 0.794. The van der Waals surface area contributed by atoms with E-state index in [-0.39, 0.29) is 31.0 Å². The summed E-state index contributed by atoms with van der Waals surface area (Å²) >= 11 is 0. The number of aromatic nitrogens is 1. The Hall–Kier alpha value is -3.27. The first kappa shape index (κ1) is 18.1. The molecule has 0 radical (unpaired) electrons. The van der Waals surface area contributed by atoms with Gasteiger partial charge in [0.15, 0.2) is 0 Å². The highest BCUT2D eigenvalue weighted by atomic mass is 19.1. The third-order valence-electron chi connectivity index (χ3n) is 3.38. The lowest BCUT2D eigenvalue weighted by Crippen LogP contribution is -2.32. The van der Waals surface area contributed by atoms with Crippen molar-refractivity contribution in [3.05, 3.63) is 59.7 Å². The van der Waals surface area contributed by atoms with Gasteiger partial charge >= 0.3 is 0 Å². The molecule has 6 nitrogen and oxygen atoms in total. The zero-order chi connectivity index (χ0) is 18.2. The average Bonchev–Trinajstić information content (AvgIpc) is 2.60. The van der Waals surface area contributed by atoms with Crippen LogP contribution in [0.3, 0.4) is 0 Å². The highest BCUT2D eigenvalue weighted by Crippen LogP contribution is 2.18. The fourth-order valence-electron chi connectivity index (χ4n) is 2.27. The summed E-state index contributed by atoms with van der Waals surface area (Å²) in [5.74, 6) is -1.58. The van der Waals surface area contributed by atoms with E-state index in [1.807, 2.05) is 6.07 Å². The monoisotopic (exact) mass is 340 g/mol. The molecule has 2 amide bonds. The predicted molar refractivity (Wildman–Crippen MR) is 89.9 cm³/mol. The van der Waals surface area contributed by atoms with Gasteiger partial charge in [-0.3, -0.25) is 14.6 Å². The Morgan fingerprint density at radius 2 is 2.12 bits per heavy atom. The summed E-state index contributed by atoms with van der Waals surface area (Å²) < 4.78 is 14.1. The molecule has 7 heteroatoms. The van der Waals surface area contributed by atoms with Crippen LogP contribution in [0.2, 0.25) is 0 Å². The van der Waals surface area contributed by atoms with Gasteiger partial charge in [0.2, 0.25) is 5.91 Å². The molecule has 0 unspecified atom stereocenters. The minimum atomic E-state index is -0.693. The van der Waals surface area contributed by atoms with E-state index in [2.05, 4.69) is 10.3 Å². The van der Waals surface area contributed by atoms with Crippen LogP contribution in [0, 0.1) is 17.1 Å². The molecular weight excluding hydrogens is 323 g/mol. The molecular formula is C18H17FN4O2. The highest BCUT2D eigenvalue weighted by Gasteiger charge is 2.20. The molecule has 2 aromatic rings. The second-order valence-electron chi connectivity index (χ2n) is 5.33. The van der Waals surface area contributed by atoms with Crippen LogP contribution in [0.1, 0.15) is 29.4 Å². The van der Waals surface area contributed by atoms with Gasteiger partial charge in [-0.15, -0.1) is 0 Å². The van der Waals surface area contributed by atoms with Gasteiger partial charge in [0.05, 0.1) is 30.3 Å². The Bertz CT molecular complexity index is 802. The normalized spacial score (nSPS) is 9.96. The molecule has 0 spiro atoms. The van der Waals surface area contributed by atoms with Gasteiger partial charge < -0.3 is 10.2 Å². The van der Waals surface area contributed by atoms with Crippen LogP contribution < -0.4 is 5.32 Å². The third kappa shape index (κ3) is 5.11. The topological polar surface area (TPSA) is 86.1 Å². The summed E-state index contributed by atoms with van der Waals surface area (Å²) in [4.78, 5) is 29.4. The molecule has 1 heterocycles. The van der Waals surface area contributed by atoms with Crippen LogP contribution in [-0.2, 0) is 11.3 Å². The second-order valence-corrected chi connectivity index (χ2v) is 5.33. The van der Waals surface area contributed by atoms with Gasteiger partial charge in [-0.2, -0.15) is 5.26 Å². The minimum Gasteiger partial charge on any atom is -0.332 e. The van der Waals surface area contributed by atoms with Crippen molar-refractivity contribution in [2.45, 2.75) is 19.9 Å². The Balaban J connectivity index is 2.29. The fourth-order valence-corrected chi connectivity index (χ4v) is 2.27. The first-order chi connectivity index (χ1) is 12.0. The van der Waals surface area contributed by atoms with Gasteiger partial charge in [0.1, 0.15) is 5.82 Å². The van der Waals surface area contributed by atoms with Crippen LogP contribution in [0.5, 0.6) is 0 Å². The fraction of sp³-hybridized carbons (Fsp3) is 0.222. The number of anilines is 1. The largest absolute Gasteiger partial charge is 0.332 e. The zero-order valence-corrected chi connectivity index (χ0v) is 13.7. The van der Waals surface area contributed by atoms with Crippen LogP contribution in [0.15, 0.2) is 42.6 Å². The molecule has 0 aliphatic rings. The van der Waals surface area contributed by atoms with Gasteiger partial charge in [0, 0.05) is 25.4 Å². The molecule has 0 saturated heterocycles. The Morgan fingerprint density at radius 1 is 1.32 bits per heavy atom. The van der Waals surface area contributed by atoms with E-state index in [1.165, 1.54) is 24.0 Å². The van der Waals surface area contributed by atoms with Gasteiger partial charge in [-0.25, -0.2) is 4.39 Å². The molecule has 2 rings (SSSR count). The number of hydrogen-bond acceptors (Lipinski definition) is 4. The number of pyridine rings is 1. The van der Waals surface area contributed by atoms with Crippen molar-refractivity contribution in [1.82, 2.24) is 9.88 Å². The number of nitriles is 1. The van der Waals surface area contributed by atoms with Crippen molar-refractivity contribution in [1.29, 1.82) is 5.26 Å². The quantitative estimate of drug-likeness (QED) is 0.876. The molecule has 0 atom stereocenters. The summed E-state index contributed by atoms with van der Waals surface area (Å²) in [6.07, 6.45) is 1.71. The summed E-state index contributed by atoms with van der Waals surface area (Å²) in [6.45, 7) is 1.63. The predicted octanol–water partition coefficient (Wildman–Crippen LogP) is 2.74. The van der Waals surface area contributed by atoms with Crippen molar-refractivity contribution in [2.24, 2.45) is 0 Å². The van der Waals surface area contributed by atoms with Crippen molar-refractivity contribution in [2.75, 3.05) is 11.9 Å².